The summed E-state index contributed by atoms with van der Waals surface area (Å²) in [5.74, 6) is -11.5. The van der Waals surface area contributed by atoms with E-state index >= 15 is 0 Å². The van der Waals surface area contributed by atoms with Crippen molar-refractivity contribution in [3.8, 4) is 0 Å². The van der Waals surface area contributed by atoms with E-state index in [-0.39, 0.29) is 27.2 Å². The highest BCUT2D eigenvalue weighted by molar-refractivity contribution is 5.98. The van der Waals surface area contributed by atoms with Crippen molar-refractivity contribution < 1.29 is 74.9 Å². The Labute approximate surface area is 362 Å². The number of benzene rings is 1. The van der Waals surface area contributed by atoms with Gasteiger partial charge in [-0.25, -0.2) is 0 Å². The third-order valence-electron chi connectivity index (χ3n) is 9.62. The Hall–Kier alpha value is -6.28. The number of aliphatic hydroxyl groups excluding tert-OH is 4. The second-order valence-electron chi connectivity index (χ2n) is 14.6. The minimum absolute atomic E-state index is 0. The number of nitrogens with one attached hydrogen (secondary N) is 8. The third kappa shape index (κ3) is 17.9. The van der Waals surface area contributed by atoms with Gasteiger partial charge in [0.05, 0.1) is 25.9 Å². The maximum atomic E-state index is 13.7. The molecule has 0 aromatic heterocycles. The molecule has 1 aliphatic heterocycles. The molecular formula is C38H60N10O15. The molecule has 1 aromatic carbocycles. The number of hydrogen-bond acceptors (Lipinski definition) is 15. The van der Waals surface area contributed by atoms with Crippen molar-refractivity contribution in [2.24, 2.45) is 11.5 Å². The number of carbonyl (C=O) groups excluding carboxylic acids is 9. The fourth-order valence-electron chi connectivity index (χ4n) is 6.05. The molecule has 5 unspecified atom stereocenters. The first-order valence-corrected chi connectivity index (χ1v) is 20.0. The number of amides is 9. The molecule has 2 rings (SSSR count). The maximum Gasteiger partial charge on any atom is 0.303 e. The summed E-state index contributed by atoms with van der Waals surface area (Å²) in [6.07, 6.45) is -3.84. The normalized spacial score (nSPS) is 26.0. The molecule has 9 atom stereocenters. The van der Waals surface area contributed by atoms with Crippen LogP contribution in [-0.4, -0.2) is 165 Å². The highest BCUT2D eigenvalue weighted by atomic mass is 16.4. The molecule has 1 fully saturated rings. The van der Waals surface area contributed by atoms with Crippen molar-refractivity contribution in [3.63, 3.8) is 0 Å². The maximum absolute atomic E-state index is 13.7. The smallest absolute Gasteiger partial charge is 0.303 e. The number of carbonyl (C=O) groups is 10. The summed E-state index contributed by atoms with van der Waals surface area (Å²) >= 11 is 0. The molecule has 25 heteroatoms. The molecule has 0 bridgehead atoms. The number of hydrogen-bond donors (Lipinski definition) is 15. The molecule has 63 heavy (non-hydrogen) atoms. The number of nitrogens with two attached hydrogens (primary N) is 2. The van der Waals surface area contributed by atoms with Gasteiger partial charge in [-0.1, -0.05) is 30.3 Å². The third-order valence-corrected chi connectivity index (χ3v) is 9.62. The Morgan fingerprint density at radius 3 is 1.62 bits per heavy atom. The zero-order valence-electron chi connectivity index (χ0n) is 34.5. The molecule has 1 aromatic rings. The number of carboxylic acid groups (broad SMARTS) is 1. The van der Waals surface area contributed by atoms with Crippen LogP contribution in [0.5, 0.6) is 0 Å². The van der Waals surface area contributed by atoms with Gasteiger partial charge in [0.1, 0.15) is 48.3 Å². The van der Waals surface area contributed by atoms with Gasteiger partial charge in [0.2, 0.25) is 53.2 Å². The van der Waals surface area contributed by atoms with E-state index in [0.29, 0.717) is 12.0 Å². The number of carboxylic acids is 1. The van der Waals surface area contributed by atoms with Gasteiger partial charge < -0.3 is 79.5 Å². The summed E-state index contributed by atoms with van der Waals surface area (Å²) in [6, 6.07) is -5.37. The lowest BCUT2D eigenvalue weighted by atomic mass is 10.0. The average Bonchev–Trinajstić information content (AvgIpc) is 3.24. The van der Waals surface area contributed by atoms with Crippen molar-refractivity contribution in [3.05, 3.63) is 35.9 Å². The number of aliphatic carboxylic acids is 1. The Kier molecular flexibility index (Phi) is 22.6. The van der Waals surface area contributed by atoms with Crippen LogP contribution in [0.1, 0.15) is 58.9 Å². The van der Waals surface area contributed by atoms with Gasteiger partial charge >= 0.3 is 5.97 Å². The van der Waals surface area contributed by atoms with Crippen LogP contribution in [0.2, 0.25) is 0 Å². The van der Waals surface area contributed by atoms with Crippen LogP contribution in [0.15, 0.2) is 30.3 Å². The topological polar surface area (TPSA) is 420 Å². The zero-order chi connectivity index (χ0) is 47.2. The first-order valence-electron chi connectivity index (χ1n) is 20.0. The van der Waals surface area contributed by atoms with Gasteiger partial charge in [0.15, 0.2) is 0 Å². The fraction of sp³-hybridized carbons (Fsp3) is 0.579. The molecule has 17 N–H and O–H groups in total. The molecule has 9 amide bonds. The standard InChI is InChI=1S/C38H58N10O15.H2/c1-19(52)30-38(63)47-27(18-51)36(61)43-22(9-5-6-14-39)32(57)46-26(17-50)37(62)45-24(15-20-7-3-2-4-8-20)34(59)42-21(31(40)56)10-12-28(53)41-25(16-49)35(60)44-23(33(58)48-30)11-13-29(54)55;/h2-4,7-8,19,21-27,30,49-52H,5-6,9-18,39H2,1H3,(H2,40,56)(H,41,53)(H,42,59)(H,43,61)(H,44,60)(H,45,62)(H,46,57)(H,47,63)(H,48,58)(H,54,55);1H/t19-,21?,22+,23?,24+,25?,26?,27?,30+;/m1./s1. The van der Waals surface area contributed by atoms with Gasteiger partial charge in [-0.05, 0) is 51.1 Å². The fourth-order valence-corrected chi connectivity index (χ4v) is 6.05. The second-order valence-corrected chi connectivity index (χ2v) is 14.6. The monoisotopic (exact) mass is 896 g/mol. The lowest BCUT2D eigenvalue weighted by Crippen LogP contribution is -2.62. The van der Waals surface area contributed by atoms with Gasteiger partial charge in [-0.2, -0.15) is 0 Å². The van der Waals surface area contributed by atoms with Gasteiger partial charge in [0.25, 0.3) is 0 Å². The van der Waals surface area contributed by atoms with Crippen LogP contribution < -0.4 is 54.0 Å². The van der Waals surface area contributed by atoms with Crippen molar-refractivity contribution in [1.82, 2.24) is 42.5 Å². The Morgan fingerprint density at radius 2 is 1.11 bits per heavy atom. The molecule has 0 spiro atoms. The summed E-state index contributed by atoms with van der Waals surface area (Å²) in [5, 5.41) is 68.0. The molecule has 25 nitrogen and oxygen atoms in total. The van der Waals surface area contributed by atoms with Crippen LogP contribution in [0.3, 0.4) is 0 Å². The molecule has 0 radical (unpaired) electrons. The van der Waals surface area contributed by atoms with E-state index in [9.17, 15) is 73.5 Å². The van der Waals surface area contributed by atoms with E-state index in [1.807, 2.05) is 0 Å². The predicted molar refractivity (Wildman–Crippen MR) is 219 cm³/mol. The van der Waals surface area contributed by atoms with Crippen LogP contribution in [0.4, 0.5) is 0 Å². The molecule has 352 valence electrons. The van der Waals surface area contributed by atoms with Gasteiger partial charge in [-0.15, -0.1) is 0 Å². The number of unbranched alkanes of at least 4 members (excludes halogenated alkanes) is 1. The quantitative estimate of drug-likeness (QED) is 0.0772. The van der Waals surface area contributed by atoms with E-state index < -0.39 is 159 Å². The Balaban J connectivity index is 0.0000205. The minimum Gasteiger partial charge on any atom is -0.481 e. The highest BCUT2D eigenvalue weighted by Gasteiger charge is 2.36. The van der Waals surface area contributed by atoms with Crippen LogP contribution in [-0.2, 0) is 54.4 Å². The number of rotatable bonds is 14. The van der Waals surface area contributed by atoms with E-state index in [4.69, 9.17) is 11.5 Å². The lowest BCUT2D eigenvalue weighted by Gasteiger charge is -2.28. The first-order chi connectivity index (χ1) is 29.8. The first kappa shape index (κ1) is 52.9. The summed E-state index contributed by atoms with van der Waals surface area (Å²) < 4.78 is 0. The predicted octanol–water partition coefficient (Wildman–Crippen LogP) is -7.02. The SMILES string of the molecule is C[C@@H](O)[C@@H]1NC(=O)C(CCC(=O)O)NC(=O)C(CO)NC(=O)CCC(C(N)=O)NC(=O)[C@H](Cc2ccccc2)NC(=O)C(CO)NC(=O)[C@H](CCCCN)NC(=O)C(CO)NC1=O.[HH]. The summed E-state index contributed by atoms with van der Waals surface area (Å²) in [7, 11) is 0. The zero-order valence-corrected chi connectivity index (χ0v) is 34.5. The summed E-state index contributed by atoms with van der Waals surface area (Å²) in [6.45, 7) is -1.93. The Bertz CT molecular complexity index is 1780. The van der Waals surface area contributed by atoms with Crippen molar-refractivity contribution in [1.29, 1.82) is 0 Å². The summed E-state index contributed by atoms with van der Waals surface area (Å²) in [5.41, 5.74) is 11.6. The molecule has 1 saturated heterocycles. The Morgan fingerprint density at radius 1 is 0.651 bits per heavy atom. The van der Waals surface area contributed by atoms with Crippen molar-refractivity contribution >= 4 is 59.1 Å². The van der Waals surface area contributed by atoms with E-state index in [1.165, 1.54) is 0 Å². The molecular weight excluding hydrogens is 836 g/mol. The molecule has 0 saturated carbocycles. The van der Waals surface area contributed by atoms with E-state index in [1.54, 1.807) is 30.3 Å². The van der Waals surface area contributed by atoms with Crippen LogP contribution in [0, 0.1) is 0 Å². The molecule has 0 aliphatic carbocycles. The van der Waals surface area contributed by atoms with Crippen molar-refractivity contribution in [2.45, 2.75) is 113 Å². The van der Waals surface area contributed by atoms with Gasteiger partial charge in [0, 0.05) is 20.7 Å². The minimum atomic E-state index is -1.91. The van der Waals surface area contributed by atoms with Crippen LogP contribution >= 0.6 is 0 Å². The lowest BCUT2D eigenvalue weighted by molar-refractivity contribution is -0.139. The number of primary amides is 1. The largest absolute Gasteiger partial charge is 0.481 e. The van der Waals surface area contributed by atoms with Crippen molar-refractivity contribution in [2.75, 3.05) is 26.4 Å². The van der Waals surface area contributed by atoms with Gasteiger partial charge in [-0.3, -0.25) is 47.9 Å². The average molecular weight is 897 g/mol. The molecule has 1 aliphatic rings. The second kappa shape index (κ2) is 26.9. The summed E-state index contributed by atoms with van der Waals surface area (Å²) in [4.78, 5) is 131. The van der Waals surface area contributed by atoms with Crippen LogP contribution in [0.25, 0.3) is 0 Å². The number of aliphatic hydroxyl groups is 4. The van der Waals surface area contributed by atoms with E-state index in [2.05, 4.69) is 42.5 Å². The van der Waals surface area contributed by atoms with E-state index in [0.717, 1.165) is 6.92 Å². The molecule has 1 heterocycles. The highest BCUT2D eigenvalue weighted by Crippen LogP contribution is 2.09.